The summed E-state index contributed by atoms with van der Waals surface area (Å²) in [6.07, 6.45) is -6.67. The number of aromatic nitrogens is 4. The molecule has 0 bridgehead atoms. The molecule has 0 amide bonds. The third-order valence-electron chi connectivity index (χ3n) is 4.85. The van der Waals surface area contributed by atoms with Crippen LogP contribution in [0.15, 0.2) is 60.9 Å². The Morgan fingerprint density at radius 2 is 1.07 bits per heavy atom. The van der Waals surface area contributed by atoms with Gasteiger partial charge in [0.15, 0.2) is 0 Å². The zero-order valence-electron chi connectivity index (χ0n) is 20.2. The van der Waals surface area contributed by atoms with Gasteiger partial charge in [0, 0.05) is 36.7 Å². The number of pyridine rings is 4. The van der Waals surface area contributed by atoms with Crippen molar-refractivity contribution in [2.75, 3.05) is 20.3 Å². The van der Waals surface area contributed by atoms with Gasteiger partial charge in [-0.05, 0) is 41.5 Å². The second kappa shape index (κ2) is 13.4. The Morgan fingerprint density at radius 3 is 1.48 bits per heavy atom. The van der Waals surface area contributed by atoms with E-state index < -0.39 is 23.7 Å². The van der Waals surface area contributed by atoms with Crippen molar-refractivity contribution >= 4 is 34.8 Å². The van der Waals surface area contributed by atoms with Crippen LogP contribution in [0.5, 0.6) is 5.88 Å². The van der Waals surface area contributed by atoms with Gasteiger partial charge in [0.2, 0.25) is 5.88 Å². The van der Waals surface area contributed by atoms with E-state index in [4.69, 9.17) is 44.3 Å². The van der Waals surface area contributed by atoms with Gasteiger partial charge >= 0.3 is 12.4 Å². The molecule has 0 aliphatic heterocycles. The lowest BCUT2D eigenvalue weighted by Crippen LogP contribution is -2.07. The van der Waals surface area contributed by atoms with E-state index in [1.807, 2.05) is 0 Å². The average molecular weight is 626 g/mol. The molecule has 0 aromatic carbocycles. The van der Waals surface area contributed by atoms with E-state index in [-0.39, 0.29) is 27.9 Å². The molecule has 4 aromatic rings. The lowest BCUT2D eigenvalue weighted by atomic mass is 10.1. The Hall–Kier alpha value is -3.19. The third kappa shape index (κ3) is 9.19. The van der Waals surface area contributed by atoms with Gasteiger partial charge in [0.05, 0.1) is 6.61 Å². The van der Waals surface area contributed by atoms with Gasteiger partial charge < -0.3 is 9.47 Å². The minimum Gasteiger partial charge on any atom is -0.475 e. The summed E-state index contributed by atoms with van der Waals surface area (Å²) in [6.45, 7) is 0.667. The minimum absolute atomic E-state index is 0.164. The predicted molar refractivity (Wildman–Crippen MR) is 137 cm³/mol. The van der Waals surface area contributed by atoms with Gasteiger partial charge in [0.25, 0.3) is 0 Å². The summed E-state index contributed by atoms with van der Waals surface area (Å²) >= 11 is 17.3. The van der Waals surface area contributed by atoms with Gasteiger partial charge in [-0.1, -0.05) is 46.9 Å². The van der Waals surface area contributed by atoms with Gasteiger partial charge in [-0.3, -0.25) is 9.97 Å². The van der Waals surface area contributed by atoms with E-state index >= 15 is 0 Å². The zero-order chi connectivity index (χ0) is 29.5. The Balaban J connectivity index is 0.000000225. The first-order valence-electron chi connectivity index (χ1n) is 11.0. The van der Waals surface area contributed by atoms with Crippen LogP contribution >= 0.6 is 34.8 Å². The van der Waals surface area contributed by atoms with Crippen LogP contribution in [0.4, 0.5) is 26.3 Å². The molecule has 0 aliphatic rings. The first-order chi connectivity index (χ1) is 18.8. The lowest BCUT2D eigenvalue weighted by Gasteiger charge is -2.09. The van der Waals surface area contributed by atoms with E-state index in [0.29, 0.717) is 28.9 Å². The average Bonchev–Trinajstić information content (AvgIpc) is 2.87. The number of halogens is 9. The molecule has 0 saturated carbocycles. The summed E-state index contributed by atoms with van der Waals surface area (Å²) in [5.41, 5.74) is 0.184. The van der Waals surface area contributed by atoms with E-state index in [2.05, 4.69) is 19.9 Å². The molecule has 0 aliphatic carbocycles. The predicted octanol–water partition coefficient (Wildman–Crippen LogP) is 8.31. The van der Waals surface area contributed by atoms with Crippen molar-refractivity contribution in [2.24, 2.45) is 0 Å². The van der Waals surface area contributed by atoms with Crippen molar-refractivity contribution in [3.8, 4) is 28.1 Å². The normalized spacial score (nSPS) is 11.6. The maximum Gasteiger partial charge on any atom is 0.433 e. The van der Waals surface area contributed by atoms with Gasteiger partial charge in [0.1, 0.15) is 33.5 Å². The van der Waals surface area contributed by atoms with Crippen molar-refractivity contribution < 1.29 is 35.8 Å². The van der Waals surface area contributed by atoms with Gasteiger partial charge in [-0.2, -0.15) is 26.3 Å². The molecule has 0 fully saturated rings. The Bertz CT molecular complexity index is 1400. The Morgan fingerprint density at radius 1 is 0.625 bits per heavy atom. The number of ether oxygens (including phenoxy) is 2. The maximum atomic E-state index is 12.5. The molecule has 40 heavy (non-hydrogen) atoms. The largest absolute Gasteiger partial charge is 0.475 e. The molecule has 15 heteroatoms. The molecule has 0 saturated heterocycles. The molecule has 0 spiro atoms. The first kappa shape index (κ1) is 31.3. The summed E-state index contributed by atoms with van der Waals surface area (Å²) in [7, 11) is 1.54. The van der Waals surface area contributed by atoms with Crippen LogP contribution in [0.25, 0.3) is 22.3 Å². The number of rotatable bonds is 6. The highest BCUT2D eigenvalue weighted by atomic mass is 35.5. The molecule has 0 radical (unpaired) electrons. The molecule has 4 heterocycles. The summed E-state index contributed by atoms with van der Waals surface area (Å²) in [6, 6.07) is 10.5. The number of methoxy groups -OCH3 is 1. The Kier molecular flexibility index (Phi) is 10.5. The van der Waals surface area contributed by atoms with Crippen molar-refractivity contribution in [1.82, 2.24) is 19.9 Å². The monoisotopic (exact) mass is 624 g/mol. The highest BCUT2D eigenvalue weighted by Gasteiger charge is 2.32. The lowest BCUT2D eigenvalue weighted by molar-refractivity contribution is -0.141. The Labute approximate surface area is 238 Å². The van der Waals surface area contributed by atoms with Crippen LogP contribution in [0.1, 0.15) is 11.4 Å². The molecule has 212 valence electrons. The van der Waals surface area contributed by atoms with E-state index in [0.717, 1.165) is 24.5 Å². The molecule has 4 aromatic heterocycles. The molecule has 6 nitrogen and oxygen atoms in total. The first-order valence-corrected chi connectivity index (χ1v) is 12.1. The SMILES string of the molecule is COCCOc1cc(-c2ccc(C(F)(F)F)nc2)cc(Cl)n1.FC(F)(F)c1ccc(-c2cc(Cl)nc(Cl)c2)cn1. The standard InChI is InChI=1S/C14H12ClF3N2O2.C11H5Cl2F3N2/c1-21-4-5-22-13-7-10(6-12(15)20-13)9-2-3-11(19-8-9)14(16,17)18;12-9-3-7(4-10(13)18-9)6-1-2-8(17-5-6)11(14,15)16/h2-3,6-8H,4-5H2,1H3;1-5H. The van der Waals surface area contributed by atoms with Crippen LogP contribution in [0, 0.1) is 0 Å². The maximum absolute atomic E-state index is 12.5. The van der Waals surface area contributed by atoms with E-state index in [1.165, 1.54) is 37.4 Å². The molecule has 0 atom stereocenters. The second-order valence-corrected chi connectivity index (χ2v) is 8.88. The summed E-state index contributed by atoms with van der Waals surface area (Å²) < 4.78 is 84.7. The highest BCUT2D eigenvalue weighted by Crippen LogP contribution is 2.31. The number of hydrogen-bond donors (Lipinski definition) is 0. The van der Waals surface area contributed by atoms with Crippen molar-refractivity contribution in [2.45, 2.75) is 12.4 Å². The summed E-state index contributed by atoms with van der Waals surface area (Å²) in [5, 5.41) is 0.500. The number of nitrogens with zero attached hydrogens (tertiary/aromatic N) is 4. The molecular formula is C25H17Cl3F6N4O2. The van der Waals surface area contributed by atoms with Crippen LogP contribution in [0.2, 0.25) is 15.5 Å². The molecular weight excluding hydrogens is 609 g/mol. The third-order valence-corrected chi connectivity index (χ3v) is 5.43. The van der Waals surface area contributed by atoms with Crippen molar-refractivity contribution in [1.29, 1.82) is 0 Å². The molecule has 4 rings (SSSR count). The van der Waals surface area contributed by atoms with Gasteiger partial charge in [-0.25, -0.2) is 9.97 Å². The second-order valence-electron chi connectivity index (χ2n) is 7.72. The van der Waals surface area contributed by atoms with Crippen molar-refractivity contribution in [3.63, 3.8) is 0 Å². The fourth-order valence-electron chi connectivity index (χ4n) is 3.04. The number of hydrogen-bond acceptors (Lipinski definition) is 6. The fraction of sp³-hybridized carbons (Fsp3) is 0.200. The van der Waals surface area contributed by atoms with E-state index in [9.17, 15) is 26.3 Å². The minimum atomic E-state index is -4.47. The van der Waals surface area contributed by atoms with Gasteiger partial charge in [-0.15, -0.1) is 0 Å². The smallest absolute Gasteiger partial charge is 0.433 e. The zero-order valence-corrected chi connectivity index (χ0v) is 22.5. The van der Waals surface area contributed by atoms with Crippen molar-refractivity contribution in [3.05, 3.63) is 87.8 Å². The molecule has 0 N–H and O–H groups in total. The summed E-state index contributed by atoms with van der Waals surface area (Å²) in [5.74, 6) is 0.263. The van der Waals surface area contributed by atoms with Crippen LogP contribution in [0.3, 0.4) is 0 Å². The van der Waals surface area contributed by atoms with Crippen LogP contribution in [-0.4, -0.2) is 40.3 Å². The highest BCUT2D eigenvalue weighted by molar-refractivity contribution is 6.32. The molecule has 0 unspecified atom stereocenters. The van der Waals surface area contributed by atoms with Crippen LogP contribution < -0.4 is 4.74 Å². The van der Waals surface area contributed by atoms with E-state index in [1.54, 1.807) is 6.07 Å². The number of alkyl halides is 6. The quantitative estimate of drug-likeness (QED) is 0.122. The van der Waals surface area contributed by atoms with Crippen LogP contribution in [-0.2, 0) is 17.1 Å². The topological polar surface area (TPSA) is 70.0 Å². The summed E-state index contributed by atoms with van der Waals surface area (Å²) in [4.78, 5) is 14.5. The fourth-order valence-corrected chi connectivity index (χ4v) is 3.70.